The largest absolute Gasteiger partial charge is 0.300 e. The number of allylic oxidation sites excluding steroid dienone is 1. The van der Waals surface area contributed by atoms with E-state index in [9.17, 15) is 4.39 Å². The van der Waals surface area contributed by atoms with E-state index in [4.69, 9.17) is 0 Å². The predicted octanol–water partition coefficient (Wildman–Crippen LogP) is 3.71. The molecule has 0 aromatic heterocycles. The molecule has 1 nitrogen and oxygen atoms in total. The molecule has 2 heterocycles. The number of piperidine rings is 1. The molecule has 96 valence electrons. The SMILES string of the molecule is CN1C2CCC1CC(C=Cc1ccccc1F)C2. The number of hydrogen-bond donors (Lipinski definition) is 0. The number of halogens is 1. The van der Waals surface area contributed by atoms with Crippen LogP contribution in [0.1, 0.15) is 31.2 Å². The fourth-order valence-corrected chi connectivity index (χ4v) is 3.46. The van der Waals surface area contributed by atoms with Crippen LogP contribution in [0.4, 0.5) is 4.39 Å². The lowest BCUT2D eigenvalue weighted by Gasteiger charge is -2.35. The fourth-order valence-electron chi connectivity index (χ4n) is 3.46. The van der Waals surface area contributed by atoms with Gasteiger partial charge >= 0.3 is 0 Å². The average molecular weight is 245 g/mol. The van der Waals surface area contributed by atoms with Crippen molar-refractivity contribution in [2.24, 2.45) is 5.92 Å². The van der Waals surface area contributed by atoms with Crippen molar-refractivity contribution in [2.45, 2.75) is 37.8 Å². The monoisotopic (exact) mass is 245 g/mol. The standard InChI is InChI=1S/C16H20FN/c1-18-14-8-9-15(18)11-12(10-14)6-7-13-4-2-3-5-16(13)17/h2-7,12,14-15H,8-11H2,1H3. The van der Waals surface area contributed by atoms with E-state index >= 15 is 0 Å². The van der Waals surface area contributed by atoms with E-state index in [0.717, 1.165) is 12.1 Å². The van der Waals surface area contributed by atoms with E-state index in [1.165, 1.54) is 31.7 Å². The summed E-state index contributed by atoms with van der Waals surface area (Å²) in [6, 6.07) is 8.50. The van der Waals surface area contributed by atoms with Gasteiger partial charge in [-0.15, -0.1) is 0 Å². The third kappa shape index (κ3) is 2.22. The van der Waals surface area contributed by atoms with Crippen LogP contribution in [0.3, 0.4) is 0 Å². The molecular formula is C16H20FN. The average Bonchev–Trinajstić information content (AvgIpc) is 2.62. The van der Waals surface area contributed by atoms with Gasteiger partial charge in [-0.25, -0.2) is 4.39 Å². The van der Waals surface area contributed by atoms with Crippen LogP contribution in [0.25, 0.3) is 6.08 Å². The van der Waals surface area contributed by atoms with E-state index in [0.29, 0.717) is 11.5 Å². The van der Waals surface area contributed by atoms with Crippen molar-refractivity contribution in [2.75, 3.05) is 7.05 Å². The Hall–Kier alpha value is -1.15. The van der Waals surface area contributed by atoms with Gasteiger partial charge in [-0.05, 0) is 44.7 Å². The maximum atomic E-state index is 13.5. The molecule has 2 saturated heterocycles. The Balaban J connectivity index is 1.69. The summed E-state index contributed by atoms with van der Waals surface area (Å²) in [4.78, 5) is 2.54. The molecule has 2 unspecified atom stereocenters. The molecule has 0 saturated carbocycles. The van der Waals surface area contributed by atoms with Gasteiger partial charge in [-0.2, -0.15) is 0 Å². The first-order valence-electron chi connectivity index (χ1n) is 6.88. The first-order chi connectivity index (χ1) is 8.74. The van der Waals surface area contributed by atoms with Gasteiger partial charge in [0.15, 0.2) is 0 Å². The summed E-state index contributed by atoms with van der Waals surface area (Å²) in [5.41, 5.74) is 0.712. The van der Waals surface area contributed by atoms with Crippen LogP contribution >= 0.6 is 0 Å². The van der Waals surface area contributed by atoms with Crippen LogP contribution in [0.2, 0.25) is 0 Å². The van der Waals surface area contributed by atoms with Crippen molar-refractivity contribution in [3.8, 4) is 0 Å². The van der Waals surface area contributed by atoms with E-state index < -0.39 is 0 Å². The normalized spacial score (nSPS) is 32.2. The molecule has 0 spiro atoms. The van der Waals surface area contributed by atoms with Crippen LogP contribution in [-0.2, 0) is 0 Å². The van der Waals surface area contributed by atoms with E-state index in [1.807, 2.05) is 18.2 Å². The third-order valence-electron chi connectivity index (χ3n) is 4.59. The minimum Gasteiger partial charge on any atom is -0.300 e. The van der Waals surface area contributed by atoms with E-state index in [1.54, 1.807) is 6.07 Å². The lowest BCUT2D eigenvalue weighted by atomic mass is 9.90. The molecule has 0 amide bonds. The number of fused-ring (bicyclic) bond motifs is 2. The highest BCUT2D eigenvalue weighted by molar-refractivity contribution is 5.50. The molecule has 2 atom stereocenters. The van der Waals surface area contributed by atoms with Crippen molar-refractivity contribution in [1.82, 2.24) is 4.90 Å². The Morgan fingerprint density at radius 1 is 1.17 bits per heavy atom. The highest BCUT2D eigenvalue weighted by atomic mass is 19.1. The van der Waals surface area contributed by atoms with Crippen LogP contribution in [0.5, 0.6) is 0 Å². The number of nitrogens with zero attached hydrogens (tertiary/aromatic N) is 1. The minimum absolute atomic E-state index is 0.121. The van der Waals surface area contributed by atoms with Crippen molar-refractivity contribution < 1.29 is 4.39 Å². The number of rotatable bonds is 2. The third-order valence-corrected chi connectivity index (χ3v) is 4.59. The molecular weight excluding hydrogens is 225 g/mol. The van der Waals surface area contributed by atoms with Gasteiger partial charge in [0.05, 0.1) is 0 Å². The summed E-state index contributed by atoms with van der Waals surface area (Å²) in [5, 5.41) is 0. The quantitative estimate of drug-likeness (QED) is 0.767. The molecule has 18 heavy (non-hydrogen) atoms. The molecule has 2 aliphatic rings. The van der Waals surface area contributed by atoms with Gasteiger partial charge in [-0.1, -0.05) is 30.4 Å². The molecule has 2 bridgehead atoms. The fraction of sp³-hybridized carbons (Fsp3) is 0.500. The molecule has 3 rings (SSSR count). The smallest absolute Gasteiger partial charge is 0.130 e. The molecule has 1 aromatic rings. The molecule has 0 N–H and O–H groups in total. The molecule has 1 aromatic carbocycles. The summed E-state index contributed by atoms with van der Waals surface area (Å²) < 4.78 is 13.5. The molecule has 2 aliphatic heterocycles. The second-order valence-corrected chi connectivity index (χ2v) is 5.66. The zero-order chi connectivity index (χ0) is 12.5. The van der Waals surface area contributed by atoms with Crippen LogP contribution in [0.15, 0.2) is 30.3 Å². The summed E-state index contributed by atoms with van der Waals surface area (Å²) in [7, 11) is 2.25. The first-order valence-corrected chi connectivity index (χ1v) is 6.88. The Labute approximate surface area is 108 Å². The van der Waals surface area contributed by atoms with Gasteiger partial charge in [0.1, 0.15) is 5.82 Å². The summed E-state index contributed by atoms with van der Waals surface area (Å²) in [6.45, 7) is 0. The summed E-state index contributed by atoms with van der Waals surface area (Å²) in [6.07, 6.45) is 9.33. The van der Waals surface area contributed by atoms with Gasteiger partial charge in [0.2, 0.25) is 0 Å². The van der Waals surface area contributed by atoms with Gasteiger partial charge in [-0.3, -0.25) is 0 Å². The van der Waals surface area contributed by atoms with Crippen LogP contribution in [0, 0.1) is 11.7 Å². The maximum Gasteiger partial charge on any atom is 0.130 e. The molecule has 0 aliphatic carbocycles. The Morgan fingerprint density at radius 2 is 1.83 bits per heavy atom. The number of hydrogen-bond acceptors (Lipinski definition) is 1. The Morgan fingerprint density at radius 3 is 2.50 bits per heavy atom. The lowest BCUT2D eigenvalue weighted by Crippen LogP contribution is -2.39. The number of benzene rings is 1. The molecule has 0 radical (unpaired) electrons. The van der Waals surface area contributed by atoms with Crippen LogP contribution < -0.4 is 0 Å². The second kappa shape index (κ2) is 4.85. The van der Waals surface area contributed by atoms with Gasteiger partial charge in [0, 0.05) is 17.6 Å². The topological polar surface area (TPSA) is 3.24 Å². The van der Waals surface area contributed by atoms with Gasteiger partial charge < -0.3 is 4.90 Å². The summed E-state index contributed by atoms with van der Waals surface area (Å²) in [5.74, 6) is 0.503. The predicted molar refractivity (Wildman–Crippen MR) is 72.7 cm³/mol. The summed E-state index contributed by atoms with van der Waals surface area (Å²) >= 11 is 0. The zero-order valence-electron chi connectivity index (χ0n) is 10.8. The van der Waals surface area contributed by atoms with Crippen molar-refractivity contribution >= 4 is 6.08 Å². The Bertz CT molecular complexity index is 440. The second-order valence-electron chi connectivity index (χ2n) is 5.66. The first kappa shape index (κ1) is 11.9. The highest BCUT2D eigenvalue weighted by Crippen LogP contribution is 2.38. The van der Waals surface area contributed by atoms with E-state index in [-0.39, 0.29) is 5.82 Å². The van der Waals surface area contributed by atoms with Crippen molar-refractivity contribution in [3.05, 3.63) is 41.7 Å². The van der Waals surface area contributed by atoms with Gasteiger partial charge in [0.25, 0.3) is 0 Å². The minimum atomic E-state index is -0.121. The molecule has 2 heteroatoms. The highest BCUT2D eigenvalue weighted by Gasteiger charge is 2.37. The van der Waals surface area contributed by atoms with Crippen LogP contribution in [-0.4, -0.2) is 24.0 Å². The van der Waals surface area contributed by atoms with E-state index in [2.05, 4.69) is 18.0 Å². The Kier molecular flexibility index (Phi) is 3.21. The maximum absolute atomic E-state index is 13.5. The molecule has 2 fully saturated rings. The van der Waals surface area contributed by atoms with Crippen molar-refractivity contribution in [1.29, 1.82) is 0 Å². The lowest BCUT2D eigenvalue weighted by molar-refractivity contribution is 0.152. The zero-order valence-corrected chi connectivity index (χ0v) is 10.8. The van der Waals surface area contributed by atoms with Crippen molar-refractivity contribution in [3.63, 3.8) is 0 Å².